The molecule has 3 aliphatic rings. The van der Waals surface area contributed by atoms with Crippen molar-refractivity contribution in [1.82, 2.24) is 10.2 Å². The molecule has 3 rings (SSSR count). The van der Waals surface area contributed by atoms with Gasteiger partial charge in [-0.2, -0.15) is 0 Å². The molecular weight excluding hydrogens is 244 g/mol. The van der Waals surface area contributed by atoms with Gasteiger partial charge in [-0.15, -0.1) is 0 Å². The first kappa shape index (κ1) is 14.8. The summed E-state index contributed by atoms with van der Waals surface area (Å²) in [5.41, 5.74) is 0.653. The number of nitrogens with zero attached hydrogens (tertiary/aromatic N) is 1. The predicted octanol–water partition coefficient (Wildman–Crippen LogP) is 3.52. The van der Waals surface area contributed by atoms with E-state index in [4.69, 9.17) is 0 Å². The first-order chi connectivity index (χ1) is 9.24. The summed E-state index contributed by atoms with van der Waals surface area (Å²) in [7, 11) is 0. The van der Waals surface area contributed by atoms with Crippen LogP contribution < -0.4 is 5.32 Å². The van der Waals surface area contributed by atoms with Crippen molar-refractivity contribution < 1.29 is 0 Å². The maximum atomic E-state index is 3.76. The predicted molar refractivity (Wildman–Crippen MR) is 85.8 cm³/mol. The Morgan fingerprint density at radius 1 is 1.15 bits per heavy atom. The van der Waals surface area contributed by atoms with Gasteiger partial charge in [-0.3, -0.25) is 4.90 Å². The molecule has 0 spiro atoms. The van der Waals surface area contributed by atoms with Crippen molar-refractivity contribution in [2.45, 2.75) is 71.9 Å². The quantitative estimate of drug-likeness (QED) is 0.831. The number of hydrogen-bond donors (Lipinski definition) is 1. The number of fused-ring (bicyclic) bond motifs is 2. The summed E-state index contributed by atoms with van der Waals surface area (Å²) in [6.07, 6.45) is 6.11. The zero-order chi connectivity index (χ0) is 14.5. The third kappa shape index (κ3) is 2.92. The van der Waals surface area contributed by atoms with Gasteiger partial charge in [-0.25, -0.2) is 0 Å². The van der Waals surface area contributed by atoms with Gasteiger partial charge >= 0.3 is 0 Å². The molecule has 0 aromatic heterocycles. The molecule has 116 valence electrons. The van der Waals surface area contributed by atoms with E-state index in [-0.39, 0.29) is 5.54 Å². The highest BCUT2D eigenvalue weighted by atomic mass is 15.3. The number of nitrogens with one attached hydrogen (secondary N) is 1. The molecule has 2 aliphatic carbocycles. The Morgan fingerprint density at radius 2 is 1.90 bits per heavy atom. The van der Waals surface area contributed by atoms with E-state index in [0.717, 1.165) is 24.3 Å². The number of hydrogen-bond acceptors (Lipinski definition) is 2. The van der Waals surface area contributed by atoms with Gasteiger partial charge in [0.05, 0.1) is 0 Å². The smallest absolute Gasteiger partial charge is 0.0270 e. The molecule has 1 N–H and O–H groups in total. The van der Waals surface area contributed by atoms with E-state index in [1.807, 2.05) is 0 Å². The fourth-order valence-electron chi connectivity index (χ4n) is 5.12. The lowest BCUT2D eigenvalue weighted by atomic mass is 9.80. The van der Waals surface area contributed by atoms with Gasteiger partial charge in [0, 0.05) is 31.2 Å². The van der Waals surface area contributed by atoms with Crippen molar-refractivity contribution in [1.29, 1.82) is 0 Å². The average Bonchev–Trinajstić information content (AvgIpc) is 2.87. The molecule has 1 heterocycles. The van der Waals surface area contributed by atoms with Crippen LogP contribution in [0.25, 0.3) is 0 Å². The standard InChI is InChI=1S/C18H34N2/c1-17(2,3)16-10-19-18(4,5)12-20(16)11-15-9-13-6-7-14(15)8-13/h13-16,19H,6-12H2,1-5H3. The van der Waals surface area contributed by atoms with Gasteiger partial charge in [-0.1, -0.05) is 27.2 Å². The number of piperazine rings is 1. The topological polar surface area (TPSA) is 15.3 Å². The molecule has 1 saturated heterocycles. The second-order valence-electron chi connectivity index (χ2n) is 9.51. The Labute approximate surface area is 125 Å². The largest absolute Gasteiger partial charge is 0.309 e. The first-order valence-corrected chi connectivity index (χ1v) is 8.74. The fraction of sp³-hybridized carbons (Fsp3) is 1.00. The van der Waals surface area contributed by atoms with E-state index < -0.39 is 0 Å². The van der Waals surface area contributed by atoms with Gasteiger partial charge in [0.2, 0.25) is 0 Å². The molecule has 0 aromatic carbocycles. The van der Waals surface area contributed by atoms with Crippen LogP contribution in [0.3, 0.4) is 0 Å². The molecule has 0 aromatic rings. The summed E-state index contributed by atoms with van der Waals surface area (Å²) in [4.78, 5) is 2.84. The molecule has 3 fully saturated rings. The SMILES string of the molecule is CC1(C)CN(CC2CC3CCC2C3)C(C(C)(C)C)CN1. The van der Waals surface area contributed by atoms with Crippen LogP contribution in [0.5, 0.6) is 0 Å². The second kappa shape index (κ2) is 4.98. The normalized spacial score (nSPS) is 41.2. The molecule has 20 heavy (non-hydrogen) atoms. The Bertz CT molecular complexity index is 355. The van der Waals surface area contributed by atoms with E-state index >= 15 is 0 Å². The second-order valence-corrected chi connectivity index (χ2v) is 9.51. The van der Waals surface area contributed by atoms with Crippen molar-refractivity contribution in [3.05, 3.63) is 0 Å². The van der Waals surface area contributed by atoms with E-state index in [2.05, 4.69) is 44.8 Å². The van der Waals surface area contributed by atoms with Crippen LogP contribution in [0.1, 0.15) is 60.3 Å². The van der Waals surface area contributed by atoms with Gasteiger partial charge in [0.1, 0.15) is 0 Å². The Balaban J connectivity index is 1.69. The van der Waals surface area contributed by atoms with Crippen LogP contribution in [-0.4, -0.2) is 36.1 Å². The first-order valence-electron chi connectivity index (χ1n) is 8.74. The van der Waals surface area contributed by atoms with Crippen LogP contribution in [0.4, 0.5) is 0 Å². The van der Waals surface area contributed by atoms with Crippen LogP contribution in [0.2, 0.25) is 0 Å². The lowest BCUT2D eigenvalue weighted by Gasteiger charge is -2.50. The maximum absolute atomic E-state index is 3.76. The molecule has 4 atom stereocenters. The van der Waals surface area contributed by atoms with Gasteiger partial charge in [0.15, 0.2) is 0 Å². The third-order valence-electron chi connectivity index (χ3n) is 6.17. The lowest BCUT2D eigenvalue weighted by molar-refractivity contribution is 0.0154. The summed E-state index contributed by atoms with van der Waals surface area (Å²) in [6, 6.07) is 0.689. The summed E-state index contributed by atoms with van der Waals surface area (Å²) in [6.45, 7) is 15.7. The minimum absolute atomic E-state index is 0.277. The summed E-state index contributed by atoms with van der Waals surface area (Å²) < 4.78 is 0. The van der Waals surface area contributed by atoms with Gasteiger partial charge in [-0.05, 0) is 56.3 Å². The molecule has 1 aliphatic heterocycles. The summed E-state index contributed by atoms with van der Waals surface area (Å²) in [5, 5.41) is 3.76. The highest BCUT2D eigenvalue weighted by Crippen LogP contribution is 2.49. The third-order valence-corrected chi connectivity index (χ3v) is 6.17. The lowest BCUT2D eigenvalue weighted by Crippen LogP contribution is -2.65. The van der Waals surface area contributed by atoms with Crippen molar-refractivity contribution in [2.24, 2.45) is 23.2 Å². The minimum atomic E-state index is 0.277. The monoisotopic (exact) mass is 278 g/mol. The summed E-state index contributed by atoms with van der Waals surface area (Å²) >= 11 is 0. The van der Waals surface area contributed by atoms with Crippen LogP contribution >= 0.6 is 0 Å². The molecule has 2 heteroatoms. The Morgan fingerprint density at radius 3 is 2.45 bits per heavy atom. The van der Waals surface area contributed by atoms with Crippen LogP contribution in [-0.2, 0) is 0 Å². The molecule has 2 nitrogen and oxygen atoms in total. The van der Waals surface area contributed by atoms with Crippen molar-refractivity contribution in [3.63, 3.8) is 0 Å². The van der Waals surface area contributed by atoms with Crippen LogP contribution in [0.15, 0.2) is 0 Å². The fourth-order valence-corrected chi connectivity index (χ4v) is 5.12. The Hall–Kier alpha value is -0.0800. The van der Waals surface area contributed by atoms with E-state index in [1.165, 1.54) is 32.4 Å². The van der Waals surface area contributed by atoms with E-state index in [0.29, 0.717) is 11.5 Å². The van der Waals surface area contributed by atoms with Crippen molar-refractivity contribution >= 4 is 0 Å². The Kier molecular flexibility index (Phi) is 3.70. The zero-order valence-electron chi connectivity index (χ0n) is 14.2. The minimum Gasteiger partial charge on any atom is -0.309 e. The molecule has 2 bridgehead atoms. The van der Waals surface area contributed by atoms with Gasteiger partial charge < -0.3 is 5.32 Å². The van der Waals surface area contributed by atoms with E-state index in [1.54, 1.807) is 6.42 Å². The highest BCUT2D eigenvalue weighted by molar-refractivity contribution is 4.99. The highest BCUT2D eigenvalue weighted by Gasteiger charge is 2.44. The molecule has 4 unspecified atom stereocenters. The van der Waals surface area contributed by atoms with Gasteiger partial charge in [0.25, 0.3) is 0 Å². The number of rotatable bonds is 2. The van der Waals surface area contributed by atoms with Crippen molar-refractivity contribution in [3.8, 4) is 0 Å². The average molecular weight is 278 g/mol. The van der Waals surface area contributed by atoms with Crippen LogP contribution in [0, 0.1) is 23.2 Å². The van der Waals surface area contributed by atoms with E-state index in [9.17, 15) is 0 Å². The molecule has 0 amide bonds. The molecule has 2 saturated carbocycles. The molecular formula is C18H34N2. The maximum Gasteiger partial charge on any atom is 0.0270 e. The molecule has 0 radical (unpaired) electrons. The van der Waals surface area contributed by atoms with Crippen molar-refractivity contribution in [2.75, 3.05) is 19.6 Å². The zero-order valence-corrected chi connectivity index (χ0v) is 14.2. The summed E-state index contributed by atoms with van der Waals surface area (Å²) in [5.74, 6) is 3.13.